The predicted molar refractivity (Wildman–Crippen MR) is 69.5 cm³/mol. The minimum Gasteiger partial charge on any atom is -0.489 e. The van der Waals surface area contributed by atoms with E-state index in [0.29, 0.717) is 31.9 Å². The Morgan fingerprint density at radius 3 is 3.17 bits per heavy atom. The molecule has 0 fully saturated rings. The van der Waals surface area contributed by atoms with E-state index in [1.807, 2.05) is 4.90 Å². The number of rotatable bonds is 5. The maximum Gasteiger partial charge on any atom is 0.145 e. The number of aliphatic hydroxyl groups is 1. The zero-order valence-electron chi connectivity index (χ0n) is 10.3. The van der Waals surface area contributed by atoms with Crippen molar-refractivity contribution in [1.82, 2.24) is 0 Å². The molecule has 1 aromatic rings. The van der Waals surface area contributed by atoms with E-state index >= 15 is 0 Å². The highest BCUT2D eigenvalue weighted by molar-refractivity contribution is 5.60. The van der Waals surface area contributed by atoms with E-state index in [1.165, 1.54) is 12.1 Å². The predicted octanol–water partition coefficient (Wildman–Crippen LogP) is 2.35. The van der Waals surface area contributed by atoms with Gasteiger partial charge in [0, 0.05) is 12.6 Å². The summed E-state index contributed by atoms with van der Waals surface area (Å²) in [6.07, 6.45) is 2.88. The lowest BCUT2D eigenvalue weighted by molar-refractivity contribution is 0.167. The van der Waals surface area contributed by atoms with Crippen molar-refractivity contribution < 1.29 is 14.2 Å². The van der Waals surface area contributed by atoms with Crippen molar-refractivity contribution in [1.29, 1.82) is 0 Å². The van der Waals surface area contributed by atoms with E-state index in [0.717, 1.165) is 12.1 Å². The normalized spacial score (nSPS) is 15.8. The van der Waals surface area contributed by atoms with Crippen molar-refractivity contribution in [3.05, 3.63) is 36.7 Å². The van der Waals surface area contributed by atoms with Gasteiger partial charge in [0.15, 0.2) is 0 Å². The quantitative estimate of drug-likeness (QED) is 0.815. The maximum absolute atomic E-state index is 13.1. The van der Waals surface area contributed by atoms with Crippen LogP contribution in [0.15, 0.2) is 30.9 Å². The minimum absolute atomic E-state index is 0.303. The summed E-state index contributed by atoms with van der Waals surface area (Å²) < 4.78 is 18.5. The number of benzene rings is 1. The van der Waals surface area contributed by atoms with E-state index in [-0.39, 0.29) is 5.82 Å². The Morgan fingerprint density at radius 2 is 2.39 bits per heavy atom. The van der Waals surface area contributed by atoms with Crippen LogP contribution in [0.25, 0.3) is 0 Å². The lowest BCUT2D eigenvalue weighted by Crippen LogP contribution is -2.38. The fraction of sp³-hybridized carbons (Fsp3) is 0.429. The molecule has 0 spiro atoms. The molecule has 0 aliphatic carbocycles. The second kappa shape index (κ2) is 5.87. The van der Waals surface area contributed by atoms with E-state index < -0.39 is 6.10 Å². The van der Waals surface area contributed by atoms with Crippen LogP contribution in [-0.4, -0.2) is 30.9 Å². The van der Waals surface area contributed by atoms with Crippen LogP contribution in [-0.2, 0) is 0 Å². The number of nitrogens with zero attached hydrogens (tertiary/aromatic N) is 1. The highest BCUT2D eigenvalue weighted by Gasteiger charge is 2.20. The maximum atomic E-state index is 13.1. The monoisotopic (exact) mass is 251 g/mol. The SMILES string of the molecule is C=CCCC(O)CN1CCOc2cc(F)ccc21. The molecule has 1 aliphatic heterocycles. The van der Waals surface area contributed by atoms with E-state index in [9.17, 15) is 9.50 Å². The molecule has 0 saturated carbocycles. The Morgan fingerprint density at radius 1 is 1.56 bits per heavy atom. The van der Waals surface area contributed by atoms with Gasteiger partial charge in [-0.25, -0.2) is 4.39 Å². The van der Waals surface area contributed by atoms with Gasteiger partial charge in [-0.2, -0.15) is 0 Å². The topological polar surface area (TPSA) is 32.7 Å². The molecule has 18 heavy (non-hydrogen) atoms. The van der Waals surface area contributed by atoms with E-state index in [4.69, 9.17) is 4.74 Å². The number of halogens is 1. The molecule has 0 amide bonds. The van der Waals surface area contributed by atoms with Gasteiger partial charge in [0.05, 0.1) is 18.3 Å². The van der Waals surface area contributed by atoms with Crippen LogP contribution in [0, 0.1) is 5.82 Å². The Labute approximate surface area is 106 Å². The van der Waals surface area contributed by atoms with Crippen molar-refractivity contribution in [3.8, 4) is 5.75 Å². The summed E-state index contributed by atoms with van der Waals surface area (Å²) in [5.74, 6) is 0.250. The number of allylic oxidation sites excluding steroid dienone is 1. The summed E-state index contributed by atoms with van der Waals surface area (Å²) in [5, 5.41) is 9.91. The number of fused-ring (bicyclic) bond motifs is 1. The summed E-state index contributed by atoms with van der Waals surface area (Å²) in [5.41, 5.74) is 0.848. The van der Waals surface area contributed by atoms with Crippen LogP contribution in [0.1, 0.15) is 12.8 Å². The highest BCUT2D eigenvalue weighted by Crippen LogP contribution is 2.32. The third kappa shape index (κ3) is 3.01. The molecule has 1 atom stereocenters. The summed E-state index contributed by atoms with van der Waals surface area (Å²) in [7, 11) is 0. The van der Waals surface area contributed by atoms with Crippen LogP contribution in [0.5, 0.6) is 5.75 Å². The first-order valence-corrected chi connectivity index (χ1v) is 6.17. The number of β-amino-alcohol motifs (C(OH)–C–C–N with tert-alkyl or cyclic N) is 1. The van der Waals surface area contributed by atoms with Gasteiger partial charge in [0.1, 0.15) is 18.2 Å². The van der Waals surface area contributed by atoms with Crippen molar-refractivity contribution in [2.75, 3.05) is 24.6 Å². The Balaban J connectivity index is 2.05. The van der Waals surface area contributed by atoms with Crippen LogP contribution >= 0.6 is 0 Å². The molecule has 1 N–H and O–H groups in total. The van der Waals surface area contributed by atoms with Crippen molar-refractivity contribution in [2.45, 2.75) is 18.9 Å². The number of anilines is 1. The van der Waals surface area contributed by atoms with Crippen LogP contribution in [0.4, 0.5) is 10.1 Å². The molecule has 98 valence electrons. The first kappa shape index (κ1) is 12.9. The molecular weight excluding hydrogens is 233 g/mol. The zero-order chi connectivity index (χ0) is 13.0. The number of hydrogen-bond donors (Lipinski definition) is 1. The number of hydrogen-bond acceptors (Lipinski definition) is 3. The summed E-state index contributed by atoms with van der Waals surface area (Å²) in [6, 6.07) is 4.50. The van der Waals surface area contributed by atoms with E-state index in [2.05, 4.69) is 6.58 Å². The molecule has 1 heterocycles. The molecule has 1 unspecified atom stereocenters. The van der Waals surface area contributed by atoms with Gasteiger partial charge in [-0.15, -0.1) is 6.58 Å². The lowest BCUT2D eigenvalue weighted by Gasteiger charge is -2.32. The van der Waals surface area contributed by atoms with E-state index in [1.54, 1.807) is 12.1 Å². The van der Waals surface area contributed by atoms with Gasteiger partial charge in [0.2, 0.25) is 0 Å². The van der Waals surface area contributed by atoms with Crippen molar-refractivity contribution in [3.63, 3.8) is 0 Å². The summed E-state index contributed by atoms with van der Waals surface area (Å²) >= 11 is 0. The van der Waals surface area contributed by atoms with Crippen LogP contribution < -0.4 is 9.64 Å². The van der Waals surface area contributed by atoms with Crippen LogP contribution in [0.2, 0.25) is 0 Å². The van der Waals surface area contributed by atoms with Gasteiger partial charge in [-0.1, -0.05) is 6.08 Å². The molecule has 0 bridgehead atoms. The average Bonchev–Trinajstić information content (AvgIpc) is 2.36. The van der Waals surface area contributed by atoms with Gasteiger partial charge in [-0.3, -0.25) is 0 Å². The first-order valence-electron chi connectivity index (χ1n) is 6.17. The average molecular weight is 251 g/mol. The lowest BCUT2D eigenvalue weighted by atomic mass is 10.1. The second-order valence-corrected chi connectivity index (χ2v) is 4.43. The van der Waals surface area contributed by atoms with Crippen molar-refractivity contribution in [2.24, 2.45) is 0 Å². The van der Waals surface area contributed by atoms with Gasteiger partial charge < -0.3 is 14.7 Å². The summed E-state index contributed by atoms with van der Waals surface area (Å²) in [4.78, 5) is 2.03. The Kier molecular flexibility index (Phi) is 4.20. The first-order chi connectivity index (χ1) is 8.70. The third-order valence-corrected chi connectivity index (χ3v) is 3.02. The zero-order valence-corrected chi connectivity index (χ0v) is 10.3. The van der Waals surface area contributed by atoms with Crippen molar-refractivity contribution >= 4 is 5.69 Å². The van der Waals surface area contributed by atoms with Gasteiger partial charge in [-0.05, 0) is 25.0 Å². The molecule has 0 saturated heterocycles. The fourth-order valence-corrected chi connectivity index (χ4v) is 2.10. The van der Waals surface area contributed by atoms with Crippen LogP contribution in [0.3, 0.4) is 0 Å². The highest BCUT2D eigenvalue weighted by atomic mass is 19.1. The minimum atomic E-state index is -0.404. The largest absolute Gasteiger partial charge is 0.489 e. The number of aliphatic hydroxyl groups excluding tert-OH is 1. The summed E-state index contributed by atoms with van der Waals surface area (Å²) in [6.45, 7) is 5.41. The smallest absolute Gasteiger partial charge is 0.145 e. The molecule has 1 aromatic carbocycles. The molecule has 0 aromatic heterocycles. The third-order valence-electron chi connectivity index (χ3n) is 3.02. The molecular formula is C14H18FNO2. The standard InChI is InChI=1S/C14H18FNO2/c1-2-3-4-12(17)10-16-7-8-18-14-9-11(15)5-6-13(14)16/h2,5-6,9,12,17H,1,3-4,7-8,10H2. The second-order valence-electron chi connectivity index (χ2n) is 4.43. The molecule has 1 aliphatic rings. The Bertz CT molecular complexity index is 422. The molecule has 0 radical (unpaired) electrons. The van der Waals surface area contributed by atoms with Gasteiger partial charge in [0.25, 0.3) is 0 Å². The fourth-order valence-electron chi connectivity index (χ4n) is 2.10. The molecule has 2 rings (SSSR count). The Hall–Kier alpha value is -1.55. The molecule has 3 nitrogen and oxygen atoms in total. The number of ether oxygens (including phenoxy) is 1. The van der Waals surface area contributed by atoms with Gasteiger partial charge >= 0.3 is 0 Å². The molecule has 4 heteroatoms.